The van der Waals surface area contributed by atoms with Gasteiger partial charge in [0.1, 0.15) is 0 Å². The first-order valence-electron chi connectivity index (χ1n) is 13.2. The number of thioether (sulfide) groups is 1. The molecule has 1 nitrogen and oxygen atoms in total. The van der Waals surface area contributed by atoms with Crippen LogP contribution >= 0.6 is 24.0 Å². The van der Waals surface area contributed by atoms with E-state index in [1.165, 1.54) is 43.8 Å². The molecule has 38 heavy (non-hydrogen) atoms. The molecule has 0 unspecified atom stereocenters. The van der Waals surface area contributed by atoms with Crippen LogP contribution in [0.5, 0.6) is 0 Å². The predicted octanol–water partition coefficient (Wildman–Crippen LogP) is 9.67. The highest BCUT2D eigenvalue weighted by atomic mass is 32.2. The first kappa shape index (κ1) is 23.7. The van der Waals surface area contributed by atoms with Gasteiger partial charge in [0.2, 0.25) is 0 Å². The number of nitrogens with zero attached hydrogens (tertiary/aromatic N) is 1. The first-order valence-corrected chi connectivity index (χ1v) is 14.5. The van der Waals surface area contributed by atoms with Crippen molar-refractivity contribution in [2.75, 3.05) is 0 Å². The number of hydrogen-bond acceptors (Lipinski definition) is 3. The van der Waals surface area contributed by atoms with E-state index in [9.17, 15) is 5.26 Å². The summed E-state index contributed by atoms with van der Waals surface area (Å²) in [5.74, 6) is 0.440. The standard InChI is InChI=1S/C35H27NS2/c1-35(2,20-36)32-26-18-8-14-21-12-6-16-24(28(21)26)30(32)31-25-17-7-13-22-15-9-19-27(29(22)25)33(31)38-34(37)23-10-4-3-5-11-23/h3-19,30-33H,1-2H3/t30-,31+,32+,33-/m1/s1. The second-order valence-electron chi connectivity index (χ2n) is 11.1. The van der Waals surface area contributed by atoms with Gasteiger partial charge < -0.3 is 0 Å². The van der Waals surface area contributed by atoms with Gasteiger partial charge in [-0.2, -0.15) is 5.26 Å². The van der Waals surface area contributed by atoms with E-state index in [-0.39, 0.29) is 23.0 Å². The maximum absolute atomic E-state index is 10.5. The molecule has 2 aliphatic carbocycles. The average Bonchev–Trinajstić information content (AvgIpc) is 3.45. The van der Waals surface area contributed by atoms with Crippen molar-refractivity contribution in [2.24, 2.45) is 5.41 Å². The van der Waals surface area contributed by atoms with Gasteiger partial charge in [-0.15, -0.1) is 11.8 Å². The Balaban J connectivity index is 1.47. The second kappa shape index (κ2) is 8.80. The fourth-order valence-electron chi connectivity index (χ4n) is 7.17. The van der Waals surface area contributed by atoms with Crippen LogP contribution in [0.1, 0.15) is 64.7 Å². The van der Waals surface area contributed by atoms with Crippen molar-refractivity contribution in [3.8, 4) is 6.07 Å². The van der Waals surface area contributed by atoms with E-state index in [0.29, 0.717) is 0 Å². The van der Waals surface area contributed by atoms with Crippen LogP contribution in [0, 0.1) is 16.7 Å². The largest absolute Gasteiger partial charge is 0.198 e. The molecule has 0 fully saturated rings. The van der Waals surface area contributed by atoms with Crippen molar-refractivity contribution in [3.63, 3.8) is 0 Å². The minimum absolute atomic E-state index is 0.0802. The Morgan fingerprint density at radius 1 is 0.684 bits per heavy atom. The molecule has 0 amide bonds. The monoisotopic (exact) mass is 525 g/mol. The van der Waals surface area contributed by atoms with E-state index in [2.05, 4.69) is 117 Å². The number of nitriles is 1. The van der Waals surface area contributed by atoms with Crippen LogP contribution in [0.2, 0.25) is 0 Å². The van der Waals surface area contributed by atoms with Crippen LogP contribution in [0.25, 0.3) is 21.5 Å². The molecule has 0 saturated carbocycles. The van der Waals surface area contributed by atoms with Gasteiger partial charge in [-0.3, -0.25) is 0 Å². The fraction of sp³-hybridized carbons (Fsp3) is 0.200. The van der Waals surface area contributed by atoms with E-state index >= 15 is 0 Å². The van der Waals surface area contributed by atoms with Crippen LogP contribution in [-0.2, 0) is 0 Å². The highest BCUT2D eigenvalue weighted by molar-refractivity contribution is 8.23. The zero-order valence-corrected chi connectivity index (χ0v) is 23.0. The molecule has 0 heterocycles. The minimum atomic E-state index is -0.532. The summed E-state index contributed by atoms with van der Waals surface area (Å²) in [5.41, 5.74) is 6.00. The van der Waals surface area contributed by atoms with Gasteiger partial charge in [-0.05, 0) is 63.2 Å². The van der Waals surface area contributed by atoms with Gasteiger partial charge >= 0.3 is 0 Å². The number of benzene rings is 5. The predicted molar refractivity (Wildman–Crippen MR) is 164 cm³/mol. The minimum Gasteiger partial charge on any atom is -0.198 e. The lowest BCUT2D eigenvalue weighted by molar-refractivity contribution is 0.313. The van der Waals surface area contributed by atoms with Crippen LogP contribution in [0.4, 0.5) is 0 Å². The molecule has 0 N–H and O–H groups in total. The summed E-state index contributed by atoms with van der Waals surface area (Å²) in [6, 6.07) is 39.9. The van der Waals surface area contributed by atoms with Crippen molar-refractivity contribution >= 4 is 49.7 Å². The highest BCUT2D eigenvalue weighted by Gasteiger charge is 2.51. The van der Waals surface area contributed by atoms with E-state index < -0.39 is 5.41 Å². The molecule has 0 aromatic heterocycles. The lowest BCUT2D eigenvalue weighted by atomic mass is 9.66. The first-order chi connectivity index (χ1) is 18.5. The Kier molecular flexibility index (Phi) is 5.48. The maximum atomic E-state index is 10.5. The summed E-state index contributed by atoms with van der Waals surface area (Å²) in [4.78, 5) is 0. The molecule has 0 spiro atoms. The maximum Gasteiger partial charge on any atom is 0.0784 e. The lowest BCUT2D eigenvalue weighted by Crippen LogP contribution is -2.28. The number of hydrogen-bond donors (Lipinski definition) is 0. The van der Waals surface area contributed by atoms with Crippen molar-refractivity contribution < 1.29 is 0 Å². The Hall–Kier alpha value is -3.45. The molecule has 0 saturated heterocycles. The van der Waals surface area contributed by atoms with Crippen molar-refractivity contribution in [2.45, 2.75) is 36.9 Å². The third-order valence-electron chi connectivity index (χ3n) is 8.68. The molecule has 184 valence electrons. The van der Waals surface area contributed by atoms with Crippen LogP contribution in [-0.4, -0.2) is 4.20 Å². The smallest absolute Gasteiger partial charge is 0.0784 e. The SMILES string of the molecule is CC(C)(C#N)[C@H]1c2cccc3cccc(c23)[C@@H]1[C@@H]1c2cccc3cccc(c23)[C@H]1SC(=S)c1ccccc1. The second-order valence-corrected chi connectivity index (χ2v) is 13.0. The Bertz CT molecular complexity index is 1770. The van der Waals surface area contributed by atoms with Gasteiger partial charge in [0, 0.05) is 23.0 Å². The van der Waals surface area contributed by atoms with Gasteiger partial charge in [-0.1, -0.05) is 115 Å². The number of rotatable bonds is 4. The van der Waals surface area contributed by atoms with E-state index in [0.717, 1.165) is 9.76 Å². The summed E-state index contributed by atoms with van der Waals surface area (Å²) >= 11 is 7.89. The molecule has 0 bridgehead atoms. The molecule has 3 heteroatoms. The van der Waals surface area contributed by atoms with Crippen LogP contribution in [0.3, 0.4) is 0 Å². The summed E-state index contributed by atoms with van der Waals surface area (Å²) in [6.45, 7) is 4.24. The van der Waals surface area contributed by atoms with E-state index in [1.807, 2.05) is 17.8 Å². The topological polar surface area (TPSA) is 23.8 Å². The van der Waals surface area contributed by atoms with Crippen LogP contribution in [0.15, 0.2) is 103 Å². The van der Waals surface area contributed by atoms with E-state index in [4.69, 9.17) is 12.2 Å². The lowest BCUT2D eigenvalue weighted by Gasteiger charge is -2.38. The molecule has 2 aliphatic rings. The third-order valence-corrected chi connectivity index (χ3v) is 10.5. The van der Waals surface area contributed by atoms with Crippen molar-refractivity contribution in [1.82, 2.24) is 0 Å². The Morgan fingerprint density at radius 3 is 1.82 bits per heavy atom. The van der Waals surface area contributed by atoms with Gasteiger partial charge in [0.05, 0.1) is 15.7 Å². The molecule has 7 rings (SSSR count). The van der Waals surface area contributed by atoms with Crippen molar-refractivity contribution in [3.05, 3.63) is 131 Å². The molecule has 0 aliphatic heterocycles. The molecule has 4 atom stereocenters. The van der Waals surface area contributed by atoms with Crippen molar-refractivity contribution in [1.29, 1.82) is 5.26 Å². The van der Waals surface area contributed by atoms with Gasteiger partial charge in [0.25, 0.3) is 0 Å². The fourth-order valence-corrected chi connectivity index (χ4v) is 8.90. The molecular weight excluding hydrogens is 499 g/mol. The Labute approximate surface area is 233 Å². The highest BCUT2D eigenvalue weighted by Crippen LogP contribution is 2.66. The zero-order valence-electron chi connectivity index (χ0n) is 21.4. The quantitative estimate of drug-likeness (QED) is 0.218. The summed E-state index contributed by atoms with van der Waals surface area (Å²) < 4.78 is 0.926. The van der Waals surface area contributed by atoms with Gasteiger partial charge in [0.15, 0.2) is 0 Å². The van der Waals surface area contributed by atoms with Crippen LogP contribution < -0.4 is 0 Å². The average molecular weight is 526 g/mol. The molecule has 5 aromatic carbocycles. The molecular formula is C35H27NS2. The molecule has 0 radical (unpaired) electrons. The Morgan fingerprint density at radius 2 is 1.21 bits per heavy atom. The summed E-state index contributed by atoms with van der Waals surface area (Å²) in [5, 5.41) is 15.9. The third kappa shape index (κ3) is 3.40. The number of thiocarbonyl (C=S) groups is 1. The summed E-state index contributed by atoms with van der Waals surface area (Å²) in [6.07, 6.45) is 0. The van der Waals surface area contributed by atoms with Gasteiger partial charge in [-0.25, -0.2) is 0 Å². The normalized spacial score (nSPS) is 21.6. The summed E-state index contributed by atoms with van der Waals surface area (Å²) in [7, 11) is 0. The van der Waals surface area contributed by atoms with E-state index in [1.54, 1.807) is 0 Å². The zero-order chi connectivity index (χ0) is 26.0. The molecule has 5 aromatic rings.